The Kier molecular flexibility index (Phi) is 5.73. The van der Waals surface area contributed by atoms with Gasteiger partial charge in [0, 0.05) is 17.1 Å². The van der Waals surface area contributed by atoms with Crippen molar-refractivity contribution in [2.75, 3.05) is 0 Å². The quantitative estimate of drug-likeness (QED) is 0.705. The largest absolute Gasteiger partial charge is 0.346 e. The molecule has 1 heterocycles. The number of aromatic nitrogens is 1. The average molecular weight is 340 g/mol. The number of pyridine rings is 1. The molecule has 2 rings (SSSR count). The van der Waals surface area contributed by atoms with E-state index in [4.69, 9.17) is 0 Å². The molecule has 0 radical (unpaired) electrons. The zero-order valence-corrected chi connectivity index (χ0v) is 15.2. The Hall–Kier alpha value is -2.49. The molecule has 0 spiro atoms. The van der Waals surface area contributed by atoms with Crippen molar-refractivity contribution >= 4 is 16.8 Å². The average Bonchev–Trinajstić information content (AvgIpc) is 2.53. The summed E-state index contributed by atoms with van der Waals surface area (Å²) in [4.78, 5) is 16.9. The minimum absolute atomic E-state index is 0.219. The van der Waals surface area contributed by atoms with Gasteiger partial charge in [0.2, 0.25) is 0 Å². The molecule has 1 aromatic carbocycles. The van der Waals surface area contributed by atoms with Gasteiger partial charge < -0.3 is 5.32 Å². The fourth-order valence-corrected chi connectivity index (χ4v) is 3.21. The van der Waals surface area contributed by atoms with Crippen LogP contribution in [0.4, 0.5) is 4.39 Å². The lowest BCUT2D eigenvalue weighted by Crippen LogP contribution is -2.48. The predicted octanol–water partition coefficient (Wildman–Crippen LogP) is 5.18. The minimum atomic E-state index is -0.425. The molecule has 25 heavy (non-hydrogen) atoms. The molecule has 0 saturated heterocycles. The van der Waals surface area contributed by atoms with Crippen molar-refractivity contribution < 1.29 is 9.18 Å². The second kappa shape index (κ2) is 7.60. The summed E-state index contributed by atoms with van der Waals surface area (Å²) < 4.78 is 13.7. The number of nitrogens with one attached hydrogen (secondary N) is 1. The lowest BCUT2D eigenvalue weighted by Gasteiger charge is -2.35. The first-order valence-corrected chi connectivity index (χ1v) is 8.42. The van der Waals surface area contributed by atoms with Gasteiger partial charge in [0.15, 0.2) is 0 Å². The fraction of sp³-hybridized carbons (Fsp3) is 0.333. The van der Waals surface area contributed by atoms with Crippen LogP contribution in [-0.2, 0) is 0 Å². The van der Waals surface area contributed by atoms with Gasteiger partial charge in [0.05, 0.1) is 5.56 Å². The van der Waals surface area contributed by atoms with Crippen LogP contribution in [0.1, 0.15) is 50.4 Å². The van der Waals surface area contributed by atoms with Gasteiger partial charge in [-0.2, -0.15) is 0 Å². The molecule has 0 atom stereocenters. The SMILES string of the molecule is C=C(C)CC(CC)(CC(=C)C)NC(=O)c1cnc2c(F)cccc2c1. The van der Waals surface area contributed by atoms with Crippen LogP contribution in [0, 0.1) is 5.82 Å². The molecule has 3 nitrogen and oxygen atoms in total. The summed E-state index contributed by atoms with van der Waals surface area (Å²) in [5.74, 6) is -0.611. The molecule has 0 saturated carbocycles. The van der Waals surface area contributed by atoms with Crippen molar-refractivity contribution in [3.8, 4) is 0 Å². The van der Waals surface area contributed by atoms with Crippen LogP contribution in [0.5, 0.6) is 0 Å². The highest BCUT2D eigenvalue weighted by molar-refractivity contribution is 5.97. The van der Waals surface area contributed by atoms with Gasteiger partial charge in [-0.1, -0.05) is 30.2 Å². The molecular formula is C21H25FN2O. The predicted molar refractivity (Wildman–Crippen MR) is 101 cm³/mol. The molecule has 0 bridgehead atoms. The molecule has 4 heteroatoms. The first kappa shape index (κ1) is 18.8. The summed E-state index contributed by atoms with van der Waals surface area (Å²) >= 11 is 0. The summed E-state index contributed by atoms with van der Waals surface area (Å²) in [5.41, 5.74) is 2.26. The number of benzene rings is 1. The molecule has 0 unspecified atom stereocenters. The zero-order valence-electron chi connectivity index (χ0n) is 15.2. The van der Waals surface area contributed by atoms with E-state index in [1.54, 1.807) is 18.2 Å². The number of carbonyl (C=O) groups excluding carboxylic acids is 1. The highest BCUT2D eigenvalue weighted by Crippen LogP contribution is 2.27. The molecular weight excluding hydrogens is 315 g/mol. The summed E-state index contributed by atoms with van der Waals surface area (Å²) in [7, 11) is 0. The summed E-state index contributed by atoms with van der Waals surface area (Å²) in [6.07, 6.45) is 3.53. The monoisotopic (exact) mass is 340 g/mol. The van der Waals surface area contributed by atoms with Crippen LogP contribution in [0.3, 0.4) is 0 Å². The van der Waals surface area contributed by atoms with E-state index in [1.165, 1.54) is 12.3 Å². The van der Waals surface area contributed by atoms with Gasteiger partial charge >= 0.3 is 0 Å². The Morgan fingerprint density at radius 2 is 1.88 bits per heavy atom. The van der Waals surface area contributed by atoms with E-state index in [-0.39, 0.29) is 11.4 Å². The van der Waals surface area contributed by atoms with Gasteiger partial charge in [0.1, 0.15) is 11.3 Å². The van der Waals surface area contributed by atoms with Gasteiger partial charge in [-0.05, 0) is 45.2 Å². The number of fused-ring (bicyclic) bond motifs is 1. The number of rotatable bonds is 7. The maximum absolute atomic E-state index is 13.7. The second-order valence-electron chi connectivity index (χ2n) is 6.89. The standard InChI is InChI=1S/C21H25FN2O/c1-6-21(11-14(2)3,12-15(4)5)24-20(25)17-10-16-8-7-9-18(22)19(16)23-13-17/h7-10,13H,2,4,6,11-12H2,1,3,5H3,(H,24,25). The van der Waals surface area contributed by atoms with Crippen molar-refractivity contribution in [2.24, 2.45) is 0 Å². The van der Waals surface area contributed by atoms with Crippen molar-refractivity contribution in [2.45, 2.75) is 45.6 Å². The van der Waals surface area contributed by atoms with E-state index in [0.29, 0.717) is 23.8 Å². The number of nitrogens with zero attached hydrogens (tertiary/aromatic N) is 1. The smallest absolute Gasteiger partial charge is 0.253 e. The van der Waals surface area contributed by atoms with Gasteiger partial charge in [-0.3, -0.25) is 9.78 Å². The normalized spacial score (nSPS) is 11.4. The number of para-hydroxylation sites is 1. The summed E-state index contributed by atoms with van der Waals surface area (Å²) in [5, 5.41) is 3.75. The Labute approximate surface area is 148 Å². The van der Waals surface area contributed by atoms with Gasteiger partial charge in [-0.15, -0.1) is 13.2 Å². The molecule has 1 amide bonds. The maximum Gasteiger partial charge on any atom is 0.253 e. The van der Waals surface area contributed by atoms with Crippen LogP contribution in [0.15, 0.2) is 54.8 Å². The third kappa shape index (κ3) is 4.53. The van der Waals surface area contributed by atoms with E-state index in [0.717, 1.165) is 17.6 Å². The van der Waals surface area contributed by atoms with E-state index < -0.39 is 11.4 Å². The third-order valence-corrected chi connectivity index (χ3v) is 4.26. The van der Waals surface area contributed by atoms with Gasteiger partial charge in [-0.25, -0.2) is 4.39 Å². The van der Waals surface area contributed by atoms with E-state index >= 15 is 0 Å². The van der Waals surface area contributed by atoms with E-state index in [9.17, 15) is 9.18 Å². The molecule has 132 valence electrons. The number of halogens is 1. The van der Waals surface area contributed by atoms with Crippen molar-refractivity contribution in [3.05, 3.63) is 66.1 Å². The van der Waals surface area contributed by atoms with Crippen LogP contribution >= 0.6 is 0 Å². The first-order valence-electron chi connectivity index (χ1n) is 8.42. The number of carbonyl (C=O) groups is 1. The fourth-order valence-electron chi connectivity index (χ4n) is 3.21. The second-order valence-corrected chi connectivity index (χ2v) is 6.89. The number of hydrogen-bond acceptors (Lipinski definition) is 2. The van der Waals surface area contributed by atoms with Crippen LogP contribution in [-0.4, -0.2) is 16.4 Å². The molecule has 1 N–H and O–H groups in total. The maximum atomic E-state index is 13.7. The Bertz CT molecular complexity index is 810. The summed E-state index contributed by atoms with van der Waals surface area (Å²) in [6, 6.07) is 6.39. The Morgan fingerprint density at radius 1 is 1.24 bits per heavy atom. The highest BCUT2D eigenvalue weighted by atomic mass is 19.1. The highest BCUT2D eigenvalue weighted by Gasteiger charge is 2.30. The number of hydrogen-bond donors (Lipinski definition) is 1. The first-order chi connectivity index (χ1) is 11.8. The molecule has 0 aliphatic carbocycles. The van der Waals surface area contributed by atoms with Crippen LogP contribution in [0.25, 0.3) is 10.9 Å². The molecule has 0 aliphatic heterocycles. The molecule has 0 fully saturated rings. The molecule has 1 aromatic heterocycles. The van der Waals surface area contributed by atoms with Crippen LogP contribution < -0.4 is 5.32 Å². The lowest BCUT2D eigenvalue weighted by atomic mass is 9.83. The summed E-state index contributed by atoms with van der Waals surface area (Å²) in [6.45, 7) is 13.9. The molecule has 2 aromatic rings. The van der Waals surface area contributed by atoms with Crippen molar-refractivity contribution in [1.29, 1.82) is 0 Å². The molecule has 0 aliphatic rings. The van der Waals surface area contributed by atoms with Gasteiger partial charge in [0.25, 0.3) is 5.91 Å². The lowest BCUT2D eigenvalue weighted by molar-refractivity contribution is 0.0893. The third-order valence-electron chi connectivity index (χ3n) is 4.26. The zero-order chi connectivity index (χ0) is 18.6. The van der Waals surface area contributed by atoms with Crippen LogP contribution in [0.2, 0.25) is 0 Å². The Morgan fingerprint density at radius 3 is 2.44 bits per heavy atom. The Balaban J connectivity index is 2.34. The van der Waals surface area contributed by atoms with E-state index in [1.807, 2.05) is 20.8 Å². The van der Waals surface area contributed by atoms with Crippen molar-refractivity contribution in [1.82, 2.24) is 10.3 Å². The topological polar surface area (TPSA) is 42.0 Å². The van der Waals surface area contributed by atoms with Crippen molar-refractivity contribution in [3.63, 3.8) is 0 Å². The van der Waals surface area contributed by atoms with E-state index in [2.05, 4.69) is 23.5 Å². The number of amides is 1. The minimum Gasteiger partial charge on any atom is -0.346 e.